The van der Waals surface area contributed by atoms with Crippen LogP contribution in [0.4, 0.5) is 0 Å². The maximum Gasteiger partial charge on any atom is 0.397 e. The molecule has 1 saturated heterocycles. The lowest BCUT2D eigenvalue weighted by Crippen LogP contribution is -2.61. The van der Waals surface area contributed by atoms with Crippen LogP contribution in [0.25, 0.3) is 0 Å². The molecule has 6 N–H and O–H groups in total. The van der Waals surface area contributed by atoms with Gasteiger partial charge in [-0.1, -0.05) is 219 Å². The van der Waals surface area contributed by atoms with Crippen molar-refractivity contribution in [2.75, 3.05) is 13.2 Å². The number of hydrogen-bond donors (Lipinski definition) is 6. The Hall–Kier alpha value is -1.16. The molecule has 0 aliphatic carbocycles. The van der Waals surface area contributed by atoms with Gasteiger partial charge >= 0.3 is 10.4 Å². The van der Waals surface area contributed by atoms with E-state index in [1.807, 2.05) is 0 Å². The molecule has 0 bridgehead atoms. The van der Waals surface area contributed by atoms with Gasteiger partial charge in [0.2, 0.25) is 5.91 Å². The highest BCUT2D eigenvalue weighted by Crippen LogP contribution is 2.26. The van der Waals surface area contributed by atoms with Crippen LogP contribution in [0.5, 0.6) is 0 Å². The summed E-state index contributed by atoms with van der Waals surface area (Å²) in [4.78, 5) is 13.1. The molecule has 1 rings (SSSR count). The highest BCUT2D eigenvalue weighted by Gasteiger charge is 2.48. The summed E-state index contributed by atoms with van der Waals surface area (Å²) in [5, 5.41) is 45.0. The molecular formula is C51H99NO11S. The lowest BCUT2D eigenvalue weighted by molar-refractivity contribution is -0.298. The van der Waals surface area contributed by atoms with E-state index in [9.17, 15) is 38.2 Å². The quantitative estimate of drug-likeness (QED) is 0.0193. The Bertz CT molecular complexity index is 1190. The molecule has 0 spiro atoms. The average molecular weight is 934 g/mol. The third-order valence-electron chi connectivity index (χ3n) is 12.8. The van der Waals surface area contributed by atoms with Crippen molar-refractivity contribution in [3.05, 3.63) is 12.2 Å². The largest absolute Gasteiger partial charge is 0.397 e. The Balaban J connectivity index is 2.39. The summed E-state index contributed by atoms with van der Waals surface area (Å²) >= 11 is 0. The molecule has 1 fully saturated rings. The number of allylic oxidation sites excluding steroid dienone is 2. The van der Waals surface area contributed by atoms with Crippen molar-refractivity contribution in [3.8, 4) is 0 Å². The second kappa shape index (κ2) is 42.0. The van der Waals surface area contributed by atoms with E-state index in [0.717, 1.165) is 51.4 Å². The Morgan fingerprint density at radius 2 is 1.00 bits per heavy atom. The van der Waals surface area contributed by atoms with Gasteiger partial charge in [0.1, 0.15) is 24.4 Å². The van der Waals surface area contributed by atoms with Crippen molar-refractivity contribution < 1.29 is 51.8 Å². The minimum atomic E-state index is -5.08. The molecule has 0 aromatic rings. The lowest BCUT2D eigenvalue weighted by Gasteiger charge is -2.41. The second-order valence-corrected chi connectivity index (χ2v) is 19.9. The second-order valence-electron chi connectivity index (χ2n) is 18.8. The van der Waals surface area contributed by atoms with Crippen molar-refractivity contribution >= 4 is 16.3 Å². The Morgan fingerprint density at radius 3 is 1.42 bits per heavy atom. The number of carbonyl (C=O) groups excluding carboxylic acids is 1. The van der Waals surface area contributed by atoms with Crippen molar-refractivity contribution in [1.82, 2.24) is 5.32 Å². The lowest BCUT2D eigenvalue weighted by atomic mass is 9.99. The summed E-state index contributed by atoms with van der Waals surface area (Å²) in [5.41, 5.74) is 0. The molecular weight excluding hydrogens is 835 g/mol. The van der Waals surface area contributed by atoms with Gasteiger partial charge in [-0.3, -0.25) is 9.35 Å². The van der Waals surface area contributed by atoms with Crippen LogP contribution >= 0.6 is 0 Å². The van der Waals surface area contributed by atoms with E-state index in [1.54, 1.807) is 0 Å². The third kappa shape index (κ3) is 34.2. The van der Waals surface area contributed by atoms with Crippen LogP contribution in [0.15, 0.2) is 12.2 Å². The van der Waals surface area contributed by atoms with Crippen molar-refractivity contribution in [2.24, 2.45) is 0 Å². The Kier molecular flexibility index (Phi) is 39.9. The number of hydrogen-bond acceptors (Lipinski definition) is 10. The molecule has 7 unspecified atom stereocenters. The first kappa shape index (κ1) is 60.9. The van der Waals surface area contributed by atoms with Crippen LogP contribution in [0.1, 0.15) is 251 Å². The normalized spacial score (nSPS) is 20.3. The van der Waals surface area contributed by atoms with Gasteiger partial charge in [0.15, 0.2) is 6.29 Å². The first-order valence-corrected chi connectivity index (χ1v) is 27.9. The number of carbonyl (C=O) groups is 1. The van der Waals surface area contributed by atoms with E-state index < -0.39 is 59.9 Å². The summed E-state index contributed by atoms with van der Waals surface area (Å²) in [5.74, 6) is -0.232. The van der Waals surface area contributed by atoms with Gasteiger partial charge in [-0.15, -0.1) is 0 Å². The maximum absolute atomic E-state index is 13.1. The molecule has 1 amide bonds. The smallest absolute Gasteiger partial charge is 0.394 e. The van der Waals surface area contributed by atoms with Crippen LogP contribution in [-0.2, 0) is 28.9 Å². The van der Waals surface area contributed by atoms with Crippen molar-refractivity contribution in [1.29, 1.82) is 0 Å². The molecule has 0 aromatic carbocycles. The zero-order chi connectivity index (χ0) is 46.9. The zero-order valence-corrected chi connectivity index (χ0v) is 41.7. The van der Waals surface area contributed by atoms with Crippen molar-refractivity contribution in [2.45, 2.75) is 294 Å². The number of nitrogens with one attached hydrogen (secondary N) is 1. The fraction of sp³-hybridized carbons (Fsp3) is 0.941. The number of ether oxygens (including phenoxy) is 2. The Labute approximate surface area is 391 Å². The topological polar surface area (TPSA) is 192 Å². The van der Waals surface area contributed by atoms with E-state index >= 15 is 0 Å². The molecule has 1 aliphatic rings. The van der Waals surface area contributed by atoms with Gasteiger partial charge < -0.3 is 35.2 Å². The molecule has 0 aromatic heterocycles. The molecule has 13 heteroatoms. The highest BCUT2D eigenvalue weighted by molar-refractivity contribution is 7.80. The van der Waals surface area contributed by atoms with Crippen LogP contribution in [0.3, 0.4) is 0 Å². The number of aliphatic hydroxyl groups excluding tert-OH is 4. The number of unbranched alkanes of at least 4 members (excludes halogenated alkanes) is 32. The van der Waals surface area contributed by atoms with E-state index in [1.165, 1.54) is 167 Å². The molecule has 1 aliphatic heterocycles. The predicted molar refractivity (Wildman–Crippen MR) is 259 cm³/mol. The number of rotatable bonds is 46. The minimum Gasteiger partial charge on any atom is -0.394 e. The monoisotopic (exact) mass is 934 g/mol. The molecule has 0 radical (unpaired) electrons. The fourth-order valence-electron chi connectivity index (χ4n) is 8.69. The van der Waals surface area contributed by atoms with Crippen LogP contribution in [0.2, 0.25) is 0 Å². The van der Waals surface area contributed by atoms with E-state index in [0.29, 0.717) is 12.8 Å². The molecule has 380 valence electrons. The van der Waals surface area contributed by atoms with Gasteiger partial charge in [0.05, 0.1) is 25.4 Å². The SMILES string of the molecule is CCCCCC/C=C\CCCCCCCCCC(=O)NC(COC1OC(CO)C(O)C(OS(=O)(=O)O)C1O)C(O)CCCCCCCCCCCCCCCCCCCCCCCC. The van der Waals surface area contributed by atoms with Gasteiger partial charge in [0.25, 0.3) is 0 Å². The van der Waals surface area contributed by atoms with Gasteiger partial charge in [0, 0.05) is 6.42 Å². The predicted octanol–water partition coefficient (Wildman–Crippen LogP) is 11.5. The summed E-state index contributed by atoms with van der Waals surface area (Å²) in [6, 6.07) is -0.857. The first-order valence-electron chi connectivity index (χ1n) is 26.6. The van der Waals surface area contributed by atoms with E-state index in [2.05, 4.69) is 35.5 Å². The summed E-state index contributed by atoms with van der Waals surface area (Å²) < 4.78 is 47.8. The molecule has 1 heterocycles. The van der Waals surface area contributed by atoms with E-state index in [-0.39, 0.29) is 18.9 Å². The summed E-state index contributed by atoms with van der Waals surface area (Å²) in [7, 11) is -5.08. The minimum absolute atomic E-state index is 0.232. The van der Waals surface area contributed by atoms with Gasteiger partial charge in [-0.05, 0) is 38.5 Å². The maximum atomic E-state index is 13.1. The highest BCUT2D eigenvalue weighted by atomic mass is 32.3. The fourth-order valence-corrected chi connectivity index (χ4v) is 9.20. The van der Waals surface area contributed by atoms with E-state index in [4.69, 9.17) is 9.47 Å². The Morgan fingerprint density at radius 1 is 0.609 bits per heavy atom. The van der Waals surface area contributed by atoms with Crippen molar-refractivity contribution in [3.63, 3.8) is 0 Å². The number of amides is 1. The zero-order valence-electron chi connectivity index (χ0n) is 40.9. The van der Waals surface area contributed by atoms with Crippen LogP contribution < -0.4 is 5.32 Å². The summed E-state index contributed by atoms with van der Waals surface area (Å²) in [6.07, 6.45) is 39.2. The average Bonchev–Trinajstić information content (AvgIpc) is 3.27. The first-order chi connectivity index (χ1) is 31.0. The summed E-state index contributed by atoms with van der Waals surface area (Å²) in [6.45, 7) is 3.46. The molecule has 0 saturated carbocycles. The standard InChI is InChI=1S/C51H99NO11S/c1-3-5-7-9-11-13-15-17-19-20-21-22-23-24-25-27-28-30-32-34-36-38-40-45(54)44(43-61-51-49(57)50(63-64(58,59)60)48(56)46(42-53)62-51)52-47(55)41-39-37-35-33-31-29-26-18-16-14-12-10-8-6-4-2/h14,16,44-46,48-51,53-54,56-57H,3-13,15,17-43H2,1-2H3,(H,52,55)(H,58,59,60)/b16-14-. The van der Waals surface area contributed by atoms with Crippen LogP contribution in [0, 0.1) is 0 Å². The third-order valence-corrected chi connectivity index (χ3v) is 13.3. The number of aliphatic hydroxyl groups is 4. The van der Waals surface area contributed by atoms with Gasteiger partial charge in [-0.25, -0.2) is 4.18 Å². The van der Waals surface area contributed by atoms with Crippen LogP contribution in [-0.4, -0.2) is 95.4 Å². The molecule has 7 atom stereocenters. The molecule has 64 heavy (non-hydrogen) atoms. The molecule has 12 nitrogen and oxygen atoms in total. The van der Waals surface area contributed by atoms with Gasteiger partial charge in [-0.2, -0.15) is 8.42 Å².